The Hall–Kier alpha value is -0.250. The Bertz CT molecular complexity index is 668. The van der Waals surface area contributed by atoms with Gasteiger partial charge in [-0.1, -0.05) is 29.3 Å². The first-order chi connectivity index (χ1) is 10.4. The van der Waals surface area contributed by atoms with Gasteiger partial charge >= 0.3 is 0 Å². The number of nitrogens with one attached hydrogen (secondary N) is 2. The van der Waals surface area contributed by atoms with Gasteiger partial charge in [-0.25, -0.2) is 8.42 Å². The summed E-state index contributed by atoms with van der Waals surface area (Å²) in [7, 11) is -1.17. The molecule has 1 saturated heterocycles. The Morgan fingerprint density at radius 1 is 1.35 bits per heavy atom. The maximum absolute atomic E-state index is 11.4. The lowest BCUT2D eigenvalue weighted by Gasteiger charge is -2.15. The molecule has 1 fully saturated rings. The first-order valence-electron chi connectivity index (χ1n) is 6.98. The lowest BCUT2D eigenvalue weighted by atomic mass is 10.1. The largest absolute Gasteiger partial charge is 0.356 e. The van der Waals surface area contributed by atoms with Crippen LogP contribution in [0, 0.1) is 5.92 Å². The molecule has 1 atom stereocenters. The van der Waals surface area contributed by atoms with E-state index >= 15 is 0 Å². The van der Waals surface area contributed by atoms with Crippen LogP contribution in [0.15, 0.2) is 23.2 Å². The van der Waals surface area contributed by atoms with E-state index in [1.54, 1.807) is 19.2 Å². The SMILES string of the molecule is CN=C(NCc1ccc(Cl)cc1Cl)NCC1CCS(=O)(=O)C1.I. The summed E-state index contributed by atoms with van der Waals surface area (Å²) in [6.07, 6.45) is 0.704. The van der Waals surface area contributed by atoms with E-state index in [-0.39, 0.29) is 41.4 Å². The average Bonchev–Trinajstić information content (AvgIpc) is 2.80. The molecule has 1 unspecified atom stereocenters. The summed E-state index contributed by atoms with van der Waals surface area (Å²) in [5, 5.41) is 7.50. The molecule has 130 valence electrons. The van der Waals surface area contributed by atoms with E-state index in [9.17, 15) is 8.42 Å². The van der Waals surface area contributed by atoms with E-state index < -0.39 is 9.84 Å². The Kier molecular flexibility index (Phi) is 8.40. The number of rotatable bonds is 4. The average molecular weight is 492 g/mol. The molecule has 1 aromatic rings. The molecule has 0 bridgehead atoms. The monoisotopic (exact) mass is 491 g/mol. The van der Waals surface area contributed by atoms with Crippen LogP contribution in [0.1, 0.15) is 12.0 Å². The highest BCUT2D eigenvalue weighted by molar-refractivity contribution is 14.0. The molecule has 0 amide bonds. The van der Waals surface area contributed by atoms with Crippen LogP contribution >= 0.6 is 47.2 Å². The van der Waals surface area contributed by atoms with E-state index in [4.69, 9.17) is 23.2 Å². The summed E-state index contributed by atoms with van der Waals surface area (Å²) in [4.78, 5) is 4.12. The van der Waals surface area contributed by atoms with Crippen molar-refractivity contribution in [3.8, 4) is 0 Å². The molecule has 23 heavy (non-hydrogen) atoms. The molecule has 9 heteroatoms. The van der Waals surface area contributed by atoms with Crippen molar-refractivity contribution in [2.24, 2.45) is 10.9 Å². The van der Waals surface area contributed by atoms with Gasteiger partial charge in [0.05, 0.1) is 11.5 Å². The van der Waals surface area contributed by atoms with E-state index in [0.717, 1.165) is 5.56 Å². The normalized spacial score (nSPS) is 20.0. The van der Waals surface area contributed by atoms with Crippen LogP contribution in [-0.4, -0.2) is 39.5 Å². The first kappa shape index (κ1) is 20.8. The first-order valence-corrected chi connectivity index (χ1v) is 9.56. The van der Waals surface area contributed by atoms with Crippen molar-refractivity contribution in [2.45, 2.75) is 13.0 Å². The molecule has 0 radical (unpaired) electrons. The summed E-state index contributed by atoms with van der Waals surface area (Å²) >= 11 is 12.0. The van der Waals surface area contributed by atoms with Crippen LogP contribution in [0.4, 0.5) is 0 Å². The number of hydrogen-bond donors (Lipinski definition) is 2. The number of guanidine groups is 1. The Balaban J connectivity index is 0.00000264. The zero-order chi connectivity index (χ0) is 16.2. The number of nitrogens with zero attached hydrogens (tertiary/aromatic N) is 1. The molecule has 0 aliphatic carbocycles. The fourth-order valence-electron chi connectivity index (χ4n) is 2.34. The maximum Gasteiger partial charge on any atom is 0.191 e. The molecule has 2 N–H and O–H groups in total. The van der Waals surface area contributed by atoms with Crippen molar-refractivity contribution in [1.82, 2.24) is 10.6 Å². The highest BCUT2D eigenvalue weighted by Gasteiger charge is 2.27. The second-order valence-corrected chi connectivity index (χ2v) is 8.38. The van der Waals surface area contributed by atoms with Crippen molar-refractivity contribution in [3.05, 3.63) is 33.8 Å². The van der Waals surface area contributed by atoms with Gasteiger partial charge in [-0.05, 0) is 30.0 Å². The van der Waals surface area contributed by atoms with Gasteiger partial charge in [0, 0.05) is 30.2 Å². The van der Waals surface area contributed by atoms with Gasteiger partial charge in [-0.3, -0.25) is 4.99 Å². The van der Waals surface area contributed by atoms with Gasteiger partial charge in [0.25, 0.3) is 0 Å². The number of aliphatic imine (C=N–C) groups is 1. The van der Waals surface area contributed by atoms with Gasteiger partial charge < -0.3 is 10.6 Å². The zero-order valence-electron chi connectivity index (χ0n) is 12.7. The van der Waals surface area contributed by atoms with Crippen LogP contribution in [-0.2, 0) is 16.4 Å². The van der Waals surface area contributed by atoms with Gasteiger partial charge in [0.2, 0.25) is 0 Å². The molecular formula is C14H20Cl2IN3O2S. The van der Waals surface area contributed by atoms with Crippen molar-refractivity contribution < 1.29 is 8.42 Å². The third kappa shape index (κ3) is 6.64. The summed E-state index contributed by atoms with van der Waals surface area (Å²) in [6.45, 7) is 1.10. The minimum Gasteiger partial charge on any atom is -0.356 e. The van der Waals surface area contributed by atoms with Crippen LogP contribution in [0.25, 0.3) is 0 Å². The van der Waals surface area contributed by atoms with E-state index in [1.807, 2.05) is 6.07 Å². The third-order valence-electron chi connectivity index (χ3n) is 3.57. The van der Waals surface area contributed by atoms with Crippen molar-refractivity contribution in [3.63, 3.8) is 0 Å². The Morgan fingerprint density at radius 3 is 2.65 bits per heavy atom. The molecule has 1 aliphatic rings. The van der Waals surface area contributed by atoms with Gasteiger partial charge in [-0.2, -0.15) is 0 Å². The molecule has 1 aliphatic heterocycles. The molecule has 5 nitrogen and oxygen atoms in total. The standard InChI is InChI=1S/C14H19Cl2N3O2S.HI/c1-17-14(18-7-10-4-5-22(20,21)9-10)19-8-11-2-3-12(15)6-13(11)16;/h2-3,6,10H,4-5,7-9H2,1H3,(H2,17,18,19);1H. The van der Waals surface area contributed by atoms with E-state index in [0.29, 0.717) is 35.5 Å². The maximum atomic E-state index is 11.4. The molecule has 0 aromatic heterocycles. The number of hydrogen-bond acceptors (Lipinski definition) is 3. The smallest absolute Gasteiger partial charge is 0.191 e. The number of sulfone groups is 1. The number of benzene rings is 1. The molecule has 0 spiro atoms. The topological polar surface area (TPSA) is 70.6 Å². The van der Waals surface area contributed by atoms with Gasteiger partial charge in [-0.15, -0.1) is 24.0 Å². The van der Waals surface area contributed by atoms with Gasteiger partial charge in [0.15, 0.2) is 15.8 Å². The molecule has 1 heterocycles. The second-order valence-electron chi connectivity index (χ2n) is 5.31. The van der Waals surface area contributed by atoms with Crippen LogP contribution in [0.3, 0.4) is 0 Å². The zero-order valence-corrected chi connectivity index (χ0v) is 17.3. The number of halogens is 3. The summed E-state index contributed by atoms with van der Waals surface area (Å²) in [5.41, 5.74) is 0.914. The summed E-state index contributed by atoms with van der Waals surface area (Å²) < 4.78 is 22.9. The highest BCUT2D eigenvalue weighted by Crippen LogP contribution is 2.20. The molecule has 2 rings (SSSR count). The predicted octanol–water partition coefficient (Wildman–Crippen LogP) is 2.71. The van der Waals surface area contributed by atoms with Gasteiger partial charge in [0.1, 0.15) is 0 Å². The minimum absolute atomic E-state index is 0. The van der Waals surface area contributed by atoms with Crippen molar-refractivity contribution >= 4 is 63.0 Å². The Labute approximate surface area is 164 Å². The van der Waals surface area contributed by atoms with Crippen molar-refractivity contribution in [2.75, 3.05) is 25.1 Å². The highest BCUT2D eigenvalue weighted by atomic mass is 127. The molecule has 0 saturated carbocycles. The predicted molar refractivity (Wildman–Crippen MR) is 107 cm³/mol. The van der Waals surface area contributed by atoms with Crippen LogP contribution < -0.4 is 10.6 Å². The van der Waals surface area contributed by atoms with E-state index in [2.05, 4.69) is 15.6 Å². The third-order valence-corrected chi connectivity index (χ3v) is 5.99. The molecule has 1 aromatic carbocycles. The fraction of sp³-hybridized carbons (Fsp3) is 0.500. The van der Waals surface area contributed by atoms with Crippen LogP contribution in [0.5, 0.6) is 0 Å². The quantitative estimate of drug-likeness (QED) is 0.386. The van der Waals surface area contributed by atoms with E-state index in [1.165, 1.54) is 0 Å². The lowest BCUT2D eigenvalue weighted by molar-refractivity contribution is 0.567. The lowest BCUT2D eigenvalue weighted by Crippen LogP contribution is -2.39. The molecular weight excluding hydrogens is 472 g/mol. The van der Waals surface area contributed by atoms with Crippen molar-refractivity contribution in [1.29, 1.82) is 0 Å². The fourth-order valence-corrected chi connectivity index (χ4v) is 4.68. The summed E-state index contributed by atoms with van der Waals surface area (Å²) in [5.74, 6) is 1.30. The minimum atomic E-state index is -2.85. The van der Waals surface area contributed by atoms with Crippen LogP contribution in [0.2, 0.25) is 10.0 Å². The summed E-state index contributed by atoms with van der Waals surface area (Å²) in [6, 6.07) is 5.33. The second kappa shape index (κ2) is 9.29. The Morgan fingerprint density at radius 2 is 2.09 bits per heavy atom.